The first kappa shape index (κ1) is 14.9. The normalized spacial score (nSPS) is 12.3. The van der Waals surface area contributed by atoms with Gasteiger partial charge in [0.25, 0.3) is 0 Å². The van der Waals surface area contributed by atoms with Gasteiger partial charge in [-0.15, -0.1) is 0 Å². The Morgan fingerprint density at radius 1 is 0.875 bits per heavy atom. The van der Waals surface area contributed by atoms with E-state index in [0.29, 0.717) is 19.3 Å². The monoisotopic (exact) mass is 232 g/mol. The van der Waals surface area contributed by atoms with Crippen molar-refractivity contribution in [2.75, 3.05) is 0 Å². The van der Waals surface area contributed by atoms with E-state index in [-0.39, 0.29) is 6.42 Å². The summed E-state index contributed by atoms with van der Waals surface area (Å²) in [5, 5.41) is 25.7. The quantitative estimate of drug-likeness (QED) is 0.498. The molecule has 94 valence electrons. The lowest BCUT2D eigenvalue weighted by atomic mass is 10.1. The van der Waals surface area contributed by atoms with E-state index < -0.39 is 18.0 Å². The molecule has 1 unspecified atom stereocenters. The van der Waals surface area contributed by atoms with Gasteiger partial charge in [0.15, 0.2) is 6.10 Å². The maximum Gasteiger partial charge on any atom is 0.332 e. The van der Waals surface area contributed by atoms with Crippen molar-refractivity contribution < 1.29 is 24.9 Å². The molecule has 0 bridgehead atoms. The summed E-state index contributed by atoms with van der Waals surface area (Å²) in [5.74, 6) is -1.92. The first-order valence-electron chi connectivity index (χ1n) is 5.66. The van der Waals surface area contributed by atoms with Gasteiger partial charge in [0.1, 0.15) is 0 Å². The van der Waals surface area contributed by atoms with Crippen LogP contribution in [0.25, 0.3) is 0 Å². The number of carboxylic acids is 2. The van der Waals surface area contributed by atoms with Crippen molar-refractivity contribution >= 4 is 11.9 Å². The minimum Gasteiger partial charge on any atom is -0.481 e. The third kappa shape index (κ3) is 9.45. The second kappa shape index (κ2) is 9.15. The Morgan fingerprint density at radius 3 is 1.88 bits per heavy atom. The molecule has 0 heterocycles. The Labute approximate surface area is 95.1 Å². The van der Waals surface area contributed by atoms with Crippen molar-refractivity contribution in [3.8, 4) is 0 Å². The summed E-state index contributed by atoms with van der Waals surface area (Å²) >= 11 is 0. The van der Waals surface area contributed by atoms with E-state index in [1.165, 1.54) is 0 Å². The van der Waals surface area contributed by atoms with Crippen molar-refractivity contribution in [1.82, 2.24) is 0 Å². The van der Waals surface area contributed by atoms with Gasteiger partial charge in [-0.25, -0.2) is 4.79 Å². The number of unbranched alkanes of at least 4 members (excludes halogenated alkanes) is 5. The molecule has 0 aliphatic carbocycles. The number of aliphatic hydroxyl groups excluding tert-OH is 1. The maximum atomic E-state index is 10.3. The summed E-state index contributed by atoms with van der Waals surface area (Å²) < 4.78 is 0. The Hall–Kier alpha value is -1.10. The van der Waals surface area contributed by atoms with Gasteiger partial charge in [0.05, 0.1) is 0 Å². The van der Waals surface area contributed by atoms with E-state index in [0.717, 1.165) is 25.7 Å². The van der Waals surface area contributed by atoms with Gasteiger partial charge >= 0.3 is 11.9 Å². The molecule has 0 spiro atoms. The van der Waals surface area contributed by atoms with Crippen LogP contribution < -0.4 is 0 Å². The Morgan fingerprint density at radius 2 is 1.38 bits per heavy atom. The summed E-state index contributed by atoms with van der Waals surface area (Å²) in [6.07, 6.45) is 4.39. The number of hydrogen-bond acceptors (Lipinski definition) is 3. The number of aliphatic carboxylic acids is 2. The van der Waals surface area contributed by atoms with Crippen molar-refractivity contribution in [1.29, 1.82) is 0 Å². The molecule has 0 saturated heterocycles. The Kier molecular flexibility index (Phi) is 8.52. The fourth-order valence-electron chi connectivity index (χ4n) is 1.44. The van der Waals surface area contributed by atoms with Gasteiger partial charge in [-0.3, -0.25) is 4.79 Å². The summed E-state index contributed by atoms with van der Waals surface area (Å²) in [5.41, 5.74) is 0. The molecule has 16 heavy (non-hydrogen) atoms. The summed E-state index contributed by atoms with van der Waals surface area (Å²) in [4.78, 5) is 20.5. The second-order valence-electron chi connectivity index (χ2n) is 3.91. The molecule has 5 heteroatoms. The van der Waals surface area contributed by atoms with Crippen LogP contribution in [0.2, 0.25) is 0 Å². The largest absolute Gasteiger partial charge is 0.481 e. The van der Waals surface area contributed by atoms with Gasteiger partial charge < -0.3 is 15.3 Å². The van der Waals surface area contributed by atoms with E-state index in [2.05, 4.69) is 0 Å². The topological polar surface area (TPSA) is 94.8 Å². The summed E-state index contributed by atoms with van der Waals surface area (Å²) in [6, 6.07) is 0. The molecule has 0 amide bonds. The van der Waals surface area contributed by atoms with Crippen LogP contribution in [-0.4, -0.2) is 33.4 Å². The molecule has 0 aliphatic heterocycles. The van der Waals surface area contributed by atoms with E-state index in [4.69, 9.17) is 15.3 Å². The van der Waals surface area contributed by atoms with Crippen LogP contribution >= 0.6 is 0 Å². The predicted molar refractivity (Wildman–Crippen MR) is 58.2 cm³/mol. The standard InChI is InChI=1S/C11H20O5/c12-9(11(15)16)7-5-3-1-2-4-6-8-10(13)14/h9,12H,1-8H2,(H,13,14)(H,15,16). The highest BCUT2D eigenvalue weighted by molar-refractivity contribution is 5.71. The molecule has 5 nitrogen and oxygen atoms in total. The fourth-order valence-corrected chi connectivity index (χ4v) is 1.44. The lowest BCUT2D eigenvalue weighted by molar-refractivity contribution is -0.147. The molecule has 1 atom stereocenters. The molecule has 0 aromatic heterocycles. The third-order valence-electron chi connectivity index (χ3n) is 2.40. The zero-order chi connectivity index (χ0) is 12.4. The van der Waals surface area contributed by atoms with Crippen molar-refractivity contribution in [2.24, 2.45) is 0 Å². The Balaban J connectivity index is 3.15. The minimum absolute atomic E-state index is 0.220. The zero-order valence-corrected chi connectivity index (χ0v) is 9.39. The lowest BCUT2D eigenvalue weighted by Gasteiger charge is -2.04. The van der Waals surface area contributed by atoms with E-state index >= 15 is 0 Å². The molecule has 0 fully saturated rings. The van der Waals surface area contributed by atoms with Crippen molar-refractivity contribution in [3.63, 3.8) is 0 Å². The van der Waals surface area contributed by atoms with Crippen molar-refractivity contribution in [2.45, 2.75) is 57.5 Å². The SMILES string of the molecule is O=C(O)CCCCCCCCC(O)C(=O)O. The number of hydrogen-bond donors (Lipinski definition) is 3. The van der Waals surface area contributed by atoms with Gasteiger partial charge in [-0.05, 0) is 12.8 Å². The van der Waals surface area contributed by atoms with Crippen LogP contribution in [0, 0.1) is 0 Å². The molecule has 0 aliphatic rings. The zero-order valence-electron chi connectivity index (χ0n) is 9.39. The highest BCUT2D eigenvalue weighted by Gasteiger charge is 2.11. The minimum atomic E-state index is -1.24. The highest BCUT2D eigenvalue weighted by Crippen LogP contribution is 2.09. The third-order valence-corrected chi connectivity index (χ3v) is 2.40. The van der Waals surface area contributed by atoms with E-state index in [1.54, 1.807) is 0 Å². The average Bonchev–Trinajstić information content (AvgIpc) is 2.21. The average molecular weight is 232 g/mol. The number of carbonyl (C=O) groups is 2. The number of aliphatic hydroxyl groups is 1. The van der Waals surface area contributed by atoms with Gasteiger partial charge in [0, 0.05) is 6.42 Å². The first-order chi connectivity index (χ1) is 7.54. The molecular formula is C11H20O5. The lowest BCUT2D eigenvalue weighted by Crippen LogP contribution is -2.18. The van der Waals surface area contributed by atoms with Crippen LogP contribution in [0.1, 0.15) is 51.4 Å². The fraction of sp³-hybridized carbons (Fsp3) is 0.818. The summed E-state index contributed by atoms with van der Waals surface area (Å²) in [6.45, 7) is 0. The first-order valence-corrected chi connectivity index (χ1v) is 5.66. The Bertz CT molecular complexity index is 214. The van der Waals surface area contributed by atoms with Gasteiger partial charge in [-0.2, -0.15) is 0 Å². The second-order valence-corrected chi connectivity index (χ2v) is 3.91. The van der Waals surface area contributed by atoms with Gasteiger partial charge in [-0.1, -0.05) is 32.1 Å². The van der Waals surface area contributed by atoms with Crippen LogP contribution in [0.4, 0.5) is 0 Å². The molecule has 0 rings (SSSR count). The van der Waals surface area contributed by atoms with Crippen LogP contribution in [0.3, 0.4) is 0 Å². The predicted octanol–water partition coefficient (Wildman–Crippen LogP) is 1.64. The molecule has 0 aromatic rings. The van der Waals surface area contributed by atoms with Crippen LogP contribution in [0.5, 0.6) is 0 Å². The molecule has 0 saturated carbocycles. The molecule has 3 N–H and O–H groups in total. The molecule has 0 aromatic carbocycles. The number of carboxylic acid groups (broad SMARTS) is 2. The highest BCUT2D eigenvalue weighted by atomic mass is 16.4. The molecule has 0 radical (unpaired) electrons. The summed E-state index contributed by atoms with van der Waals surface area (Å²) in [7, 11) is 0. The smallest absolute Gasteiger partial charge is 0.332 e. The van der Waals surface area contributed by atoms with Gasteiger partial charge in [0.2, 0.25) is 0 Å². The van der Waals surface area contributed by atoms with Crippen LogP contribution in [0.15, 0.2) is 0 Å². The van der Waals surface area contributed by atoms with E-state index in [1.807, 2.05) is 0 Å². The molecular weight excluding hydrogens is 212 g/mol. The van der Waals surface area contributed by atoms with Crippen LogP contribution in [-0.2, 0) is 9.59 Å². The maximum absolute atomic E-state index is 10.3. The number of rotatable bonds is 10. The van der Waals surface area contributed by atoms with E-state index in [9.17, 15) is 9.59 Å². The van der Waals surface area contributed by atoms with Crippen molar-refractivity contribution in [3.05, 3.63) is 0 Å².